The Labute approximate surface area is 114 Å². The van der Waals surface area contributed by atoms with Crippen LogP contribution in [0.25, 0.3) is 0 Å². The molecule has 1 N–H and O–H groups in total. The van der Waals surface area contributed by atoms with Gasteiger partial charge in [0.25, 0.3) is 0 Å². The van der Waals surface area contributed by atoms with E-state index in [0.29, 0.717) is 11.0 Å². The Morgan fingerprint density at radius 2 is 1.39 bits per heavy atom. The van der Waals surface area contributed by atoms with E-state index in [0.717, 1.165) is 17.3 Å². The molecule has 2 aliphatic carbocycles. The third kappa shape index (κ3) is 2.61. The van der Waals surface area contributed by atoms with Gasteiger partial charge in [0.2, 0.25) is 0 Å². The van der Waals surface area contributed by atoms with Crippen LogP contribution in [0.5, 0.6) is 0 Å². The highest BCUT2D eigenvalue weighted by Gasteiger charge is 2.51. The van der Waals surface area contributed by atoms with Crippen LogP contribution in [0.4, 0.5) is 0 Å². The van der Waals surface area contributed by atoms with Crippen LogP contribution in [0.2, 0.25) is 0 Å². The molecule has 1 spiro atoms. The van der Waals surface area contributed by atoms with Crippen molar-refractivity contribution in [1.29, 1.82) is 0 Å². The zero-order chi connectivity index (χ0) is 13.6. The van der Waals surface area contributed by atoms with Crippen molar-refractivity contribution in [2.45, 2.75) is 78.7 Å². The highest BCUT2D eigenvalue weighted by molar-refractivity contribution is 5.04. The van der Waals surface area contributed by atoms with E-state index in [9.17, 15) is 0 Å². The minimum Gasteiger partial charge on any atom is -0.315 e. The lowest BCUT2D eigenvalue weighted by atomic mass is 9.50. The summed E-state index contributed by atoms with van der Waals surface area (Å²) in [6.45, 7) is 12.0. The minimum absolute atomic E-state index is 0.339. The summed E-state index contributed by atoms with van der Waals surface area (Å²) in [4.78, 5) is 0. The maximum atomic E-state index is 3.50. The SMILES string of the molecule is CNC(C)(C)C1CC2(CCC(C(C)(C)C)CC2)C1. The summed E-state index contributed by atoms with van der Waals surface area (Å²) in [5, 5.41) is 3.50. The summed E-state index contributed by atoms with van der Waals surface area (Å²) in [6, 6.07) is 0. The van der Waals surface area contributed by atoms with Gasteiger partial charge in [-0.05, 0) is 82.1 Å². The van der Waals surface area contributed by atoms with Crippen LogP contribution in [-0.2, 0) is 0 Å². The molecule has 0 amide bonds. The maximum absolute atomic E-state index is 3.50. The first kappa shape index (κ1) is 14.4. The Balaban J connectivity index is 1.86. The minimum atomic E-state index is 0.339. The van der Waals surface area contributed by atoms with Gasteiger partial charge in [-0.15, -0.1) is 0 Å². The van der Waals surface area contributed by atoms with E-state index < -0.39 is 0 Å². The fourth-order valence-corrected chi connectivity index (χ4v) is 4.20. The van der Waals surface area contributed by atoms with Crippen LogP contribution in [0, 0.1) is 22.7 Å². The van der Waals surface area contributed by atoms with Gasteiger partial charge in [0.1, 0.15) is 0 Å². The Hall–Kier alpha value is -0.0400. The van der Waals surface area contributed by atoms with Gasteiger partial charge in [0, 0.05) is 5.54 Å². The van der Waals surface area contributed by atoms with Crippen LogP contribution in [0.1, 0.15) is 73.1 Å². The van der Waals surface area contributed by atoms with Gasteiger partial charge >= 0.3 is 0 Å². The summed E-state index contributed by atoms with van der Waals surface area (Å²) < 4.78 is 0. The predicted molar refractivity (Wildman–Crippen MR) is 79.7 cm³/mol. The maximum Gasteiger partial charge on any atom is 0.0150 e. The van der Waals surface area contributed by atoms with E-state index in [1.165, 1.54) is 38.5 Å². The number of hydrogen-bond acceptors (Lipinski definition) is 1. The lowest BCUT2D eigenvalue weighted by molar-refractivity contribution is -0.0475. The highest BCUT2D eigenvalue weighted by Crippen LogP contribution is 2.59. The molecule has 0 aromatic heterocycles. The van der Waals surface area contributed by atoms with Crippen molar-refractivity contribution in [3.05, 3.63) is 0 Å². The van der Waals surface area contributed by atoms with E-state index >= 15 is 0 Å². The molecule has 0 aliphatic heterocycles. The van der Waals surface area contributed by atoms with Crippen LogP contribution in [0.3, 0.4) is 0 Å². The number of rotatable bonds is 2. The molecule has 106 valence electrons. The molecule has 2 rings (SSSR count). The molecule has 0 heterocycles. The van der Waals surface area contributed by atoms with Crippen molar-refractivity contribution < 1.29 is 0 Å². The van der Waals surface area contributed by atoms with Crippen molar-refractivity contribution in [2.24, 2.45) is 22.7 Å². The van der Waals surface area contributed by atoms with E-state index in [1.54, 1.807) is 0 Å². The second-order valence-corrected chi connectivity index (χ2v) is 8.72. The zero-order valence-corrected chi connectivity index (χ0v) is 13.4. The first-order chi connectivity index (χ1) is 8.19. The second kappa shape index (κ2) is 4.51. The van der Waals surface area contributed by atoms with E-state index in [2.05, 4.69) is 47.0 Å². The van der Waals surface area contributed by atoms with Gasteiger partial charge in [0.15, 0.2) is 0 Å². The number of hydrogen-bond donors (Lipinski definition) is 1. The monoisotopic (exact) mass is 251 g/mol. The first-order valence-electron chi connectivity index (χ1n) is 7.87. The van der Waals surface area contributed by atoms with E-state index in [1.807, 2.05) is 0 Å². The first-order valence-corrected chi connectivity index (χ1v) is 7.87. The molecule has 1 nitrogen and oxygen atoms in total. The smallest absolute Gasteiger partial charge is 0.0150 e. The predicted octanol–water partition coefficient (Wildman–Crippen LogP) is 4.62. The van der Waals surface area contributed by atoms with Crippen molar-refractivity contribution in [3.8, 4) is 0 Å². The summed E-state index contributed by atoms with van der Waals surface area (Å²) in [7, 11) is 2.11. The third-order valence-corrected chi connectivity index (χ3v) is 6.29. The zero-order valence-electron chi connectivity index (χ0n) is 13.4. The Morgan fingerprint density at radius 1 is 0.889 bits per heavy atom. The lowest BCUT2D eigenvalue weighted by Crippen LogP contribution is -2.54. The molecule has 0 unspecified atom stereocenters. The van der Waals surface area contributed by atoms with Gasteiger partial charge in [-0.1, -0.05) is 20.8 Å². The van der Waals surface area contributed by atoms with Crippen molar-refractivity contribution >= 4 is 0 Å². The quantitative estimate of drug-likeness (QED) is 0.755. The average Bonchev–Trinajstić information content (AvgIpc) is 2.24. The van der Waals surface area contributed by atoms with Gasteiger partial charge in [-0.3, -0.25) is 0 Å². The van der Waals surface area contributed by atoms with Crippen LogP contribution < -0.4 is 5.32 Å². The third-order valence-electron chi connectivity index (χ3n) is 6.29. The van der Waals surface area contributed by atoms with Gasteiger partial charge < -0.3 is 5.32 Å². The molecular weight excluding hydrogens is 218 g/mol. The molecule has 2 saturated carbocycles. The van der Waals surface area contributed by atoms with E-state index in [-0.39, 0.29) is 0 Å². The fourth-order valence-electron chi connectivity index (χ4n) is 4.20. The lowest BCUT2D eigenvalue weighted by Gasteiger charge is -2.57. The van der Waals surface area contributed by atoms with Crippen molar-refractivity contribution in [2.75, 3.05) is 7.05 Å². The second-order valence-electron chi connectivity index (χ2n) is 8.72. The number of nitrogens with one attached hydrogen (secondary N) is 1. The Morgan fingerprint density at radius 3 is 1.78 bits per heavy atom. The molecule has 0 atom stereocenters. The summed E-state index contributed by atoms with van der Waals surface area (Å²) in [6.07, 6.45) is 8.86. The topological polar surface area (TPSA) is 12.0 Å². The van der Waals surface area contributed by atoms with Crippen LogP contribution in [0.15, 0.2) is 0 Å². The molecule has 0 saturated heterocycles. The normalized spacial score (nSPS) is 37.7. The molecule has 2 aliphatic rings. The van der Waals surface area contributed by atoms with Gasteiger partial charge in [0.05, 0.1) is 0 Å². The van der Waals surface area contributed by atoms with E-state index in [4.69, 9.17) is 0 Å². The molecule has 1 heteroatoms. The standard InChI is InChI=1S/C17H33N/c1-15(2,3)13-7-9-17(10-8-13)11-14(12-17)16(4,5)18-6/h13-14,18H,7-12H2,1-6H3. The molecule has 18 heavy (non-hydrogen) atoms. The molecule has 0 bridgehead atoms. The fraction of sp³-hybridized carbons (Fsp3) is 1.00. The van der Waals surface area contributed by atoms with Gasteiger partial charge in [-0.25, -0.2) is 0 Å². The molecule has 0 aromatic carbocycles. The van der Waals surface area contributed by atoms with Crippen LogP contribution in [-0.4, -0.2) is 12.6 Å². The van der Waals surface area contributed by atoms with Gasteiger partial charge in [-0.2, -0.15) is 0 Å². The van der Waals surface area contributed by atoms with Crippen LogP contribution >= 0.6 is 0 Å². The van der Waals surface area contributed by atoms with Crippen molar-refractivity contribution in [1.82, 2.24) is 5.32 Å². The average molecular weight is 251 g/mol. The molecule has 2 fully saturated rings. The van der Waals surface area contributed by atoms with Crippen molar-refractivity contribution in [3.63, 3.8) is 0 Å². The Kier molecular flexibility index (Phi) is 3.60. The summed E-state index contributed by atoms with van der Waals surface area (Å²) in [5.74, 6) is 1.85. The Bertz CT molecular complexity index is 281. The summed E-state index contributed by atoms with van der Waals surface area (Å²) >= 11 is 0. The molecular formula is C17H33N. The largest absolute Gasteiger partial charge is 0.315 e. The molecule has 0 radical (unpaired) electrons. The highest BCUT2D eigenvalue weighted by atomic mass is 14.9. The molecule has 0 aromatic rings. The summed E-state index contributed by atoms with van der Waals surface area (Å²) in [5.41, 5.74) is 1.60.